The molecule has 1 aromatic heterocycles. The predicted octanol–water partition coefficient (Wildman–Crippen LogP) is 2.19. The second-order valence-electron chi connectivity index (χ2n) is 3.39. The van der Waals surface area contributed by atoms with Crippen LogP contribution >= 0.6 is 11.3 Å². The van der Waals surface area contributed by atoms with E-state index in [0.717, 1.165) is 12.8 Å². The van der Waals surface area contributed by atoms with Crippen molar-refractivity contribution in [2.75, 3.05) is 13.6 Å². The Morgan fingerprint density at radius 2 is 2.20 bits per heavy atom. The maximum atomic E-state index is 11.6. The summed E-state index contributed by atoms with van der Waals surface area (Å²) in [5.41, 5.74) is 0. The fourth-order valence-corrected chi connectivity index (χ4v) is 1.84. The van der Waals surface area contributed by atoms with Gasteiger partial charge in [-0.1, -0.05) is 19.4 Å². The molecule has 1 heterocycles. The van der Waals surface area contributed by atoms with Gasteiger partial charge in [-0.3, -0.25) is 9.59 Å². The van der Waals surface area contributed by atoms with Gasteiger partial charge in [-0.2, -0.15) is 0 Å². The van der Waals surface area contributed by atoms with Crippen molar-refractivity contribution in [1.29, 1.82) is 0 Å². The van der Waals surface area contributed by atoms with Crippen molar-refractivity contribution in [1.82, 2.24) is 4.90 Å². The summed E-state index contributed by atoms with van der Waals surface area (Å²) in [5.74, 6) is -0.811. The predicted molar refractivity (Wildman–Crippen MR) is 61.2 cm³/mol. The normalized spacial score (nSPS) is 10.0. The lowest BCUT2D eigenvalue weighted by molar-refractivity contribution is -0.125. The molecule has 0 N–H and O–H groups in total. The lowest BCUT2D eigenvalue weighted by atomic mass is 10.2. The maximum absolute atomic E-state index is 11.6. The highest BCUT2D eigenvalue weighted by atomic mass is 32.1. The van der Waals surface area contributed by atoms with Crippen molar-refractivity contribution in [3.8, 4) is 0 Å². The third-order valence-electron chi connectivity index (χ3n) is 2.13. The maximum Gasteiger partial charge on any atom is 0.295 e. The Bertz CT molecular complexity index is 332. The van der Waals surface area contributed by atoms with Crippen LogP contribution in [0.3, 0.4) is 0 Å². The molecule has 0 aliphatic carbocycles. The number of carbonyl (C=O) groups excluding carboxylic acids is 2. The van der Waals surface area contributed by atoms with Crippen LogP contribution in [0.4, 0.5) is 0 Å². The minimum atomic E-state index is -0.411. The first-order valence-electron chi connectivity index (χ1n) is 5.00. The first-order chi connectivity index (χ1) is 7.16. The van der Waals surface area contributed by atoms with Gasteiger partial charge in [0.2, 0.25) is 0 Å². The molecular formula is C11H15NO2S. The summed E-state index contributed by atoms with van der Waals surface area (Å²) in [7, 11) is 1.67. The van der Waals surface area contributed by atoms with Gasteiger partial charge in [-0.25, -0.2) is 0 Å². The lowest BCUT2D eigenvalue weighted by Gasteiger charge is -2.14. The number of ketones is 1. The van der Waals surface area contributed by atoms with Crippen molar-refractivity contribution in [3.05, 3.63) is 22.4 Å². The third kappa shape index (κ3) is 3.16. The average Bonchev–Trinajstić information content (AvgIpc) is 2.77. The number of likely N-dealkylation sites (N-methyl/N-ethyl adjacent to an activating group) is 1. The fraction of sp³-hybridized carbons (Fsp3) is 0.455. The van der Waals surface area contributed by atoms with Crippen LogP contribution in [0.15, 0.2) is 17.5 Å². The molecule has 0 aromatic carbocycles. The Hall–Kier alpha value is -1.16. The van der Waals surface area contributed by atoms with Crippen molar-refractivity contribution in [3.63, 3.8) is 0 Å². The first-order valence-corrected chi connectivity index (χ1v) is 5.88. The molecular weight excluding hydrogens is 210 g/mol. The molecule has 0 saturated carbocycles. The Labute approximate surface area is 93.7 Å². The van der Waals surface area contributed by atoms with Gasteiger partial charge in [-0.15, -0.1) is 11.3 Å². The fourth-order valence-electron chi connectivity index (χ4n) is 1.18. The molecule has 1 rings (SSSR count). The van der Waals surface area contributed by atoms with Gasteiger partial charge in [0, 0.05) is 13.6 Å². The highest BCUT2D eigenvalue weighted by Gasteiger charge is 2.20. The van der Waals surface area contributed by atoms with E-state index < -0.39 is 11.7 Å². The number of nitrogens with zero attached hydrogens (tertiary/aromatic N) is 1. The van der Waals surface area contributed by atoms with Crippen molar-refractivity contribution in [2.45, 2.75) is 19.8 Å². The van der Waals surface area contributed by atoms with Crippen LogP contribution in [-0.4, -0.2) is 30.2 Å². The molecule has 0 bridgehead atoms. The zero-order chi connectivity index (χ0) is 11.3. The molecule has 0 radical (unpaired) electrons. The number of amides is 1. The second-order valence-corrected chi connectivity index (χ2v) is 4.33. The van der Waals surface area contributed by atoms with Gasteiger partial charge in [0.05, 0.1) is 4.88 Å². The molecule has 0 fully saturated rings. The van der Waals surface area contributed by atoms with Crippen molar-refractivity contribution < 1.29 is 9.59 Å². The molecule has 3 nitrogen and oxygen atoms in total. The van der Waals surface area contributed by atoms with Gasteiger partial charge in [0.1, 0.15) is 0 Å². The lowest BCUT2D eigenvalue weighted by Crippen LogP contribution is -2.33. The summed E-state index contributed by atoms with van der Waals surface area (Å²) in [4.78, 5) is 25.3. The van der Waals surface area contributed by atoms with E-state index in [0.29, 0.717) is 11.4 Å². The van der Waals surface area contributed by atoms with E-state index in [1.807, 2.05) is 0 Å². The van der Waals surface area contributed by atoms with Gasteiger partial charge < -0.3 is 4.90 Å². The third-order valence-corrected chi connectivity index (χ3v) is 3.00. The molecule has 1 aromatic rings. The number of hydrogen-bond acceptors (Lipinski definition) is 3. The van der Waals surface area contributed by atoms with Crippen LogP contribution in [0.2, 0.25) is 0 Å². The van der Waals surface area contributed by atoms with Gasteiger partial charge in [0.25, 0.3) is 11.7 Å². The number of hydrogen-bond donors (Lipinski definition) is 0. The molecule has 82 valence electrons. The average molecular weight is 225 g/mol. The zero-order valence-corrected chi connectivity index (χ0v) is 9.84. The quantitative estimate of drug-likeness (QED) is 0.569. The molecule has 0 aliphatic heterocycles. The van der Waals surface area contributed by atoms with Crippen LogP contribution in [0.25, 0.3) is 0 Å². The molecule has 0 spiro atoms. The van der Waals surface area contributed by atoms with E-state index in [9.17, 15) is 9.59 Å². The summed E-state index contributed by atoms with van der Waals surface area (Å²) in [6.07, 6.45) is 1.95. The summed E-state index contributed by atoms with van der Waals surface area (Å²) < 4.78 is 0. The summed E-state index contributed by atoms with van der Waals surface area (Å²) in [5, 5.41) is 1.80. The van der Waals surface area contributed by atoms with Crippen LogP contribution in [0.5, 0.6) is 0 Å². The first kappa shape index (κ1) is 11.9. The standard InChI is InChI=1S/C11H15NO2S/c1-3-4-7-12(2)11(14)10(13)9-6-5-8-15-9/h5-6,8H,3-4,7H2,1-2H3. The number of carbonyl (C=O) groups is 2. The van der Waals surface area contributed by atoms with E-state index in [1.54, 1.807) is 24.6 Å². The highest BCUT2D eigenvalue weighted by molar-refractivity contribution is 7.12. The van der Waals surface area contributed by atoms with E-state index >= 15 is 0 Å². The molecule has 4 heteroatoms. The molecule has 0 aliphatic rings. The molecule has 0 atom stereocenters. The van der Waals surface area contributed by atoms with Crippen molar-refractivity contribution >= 4 is 23.0 Å². The second kappa shape index (κ2) is 5.66. The Morgan fingerprint density at radius 1 is 1.47 bits per heavy atom. The summed E-state index contributed by atoms with van der Waals surface area (Å²) >= 11 is 1.30. The SMILES string of the molecule is CCCCN(C)C(=O)C(=O)c1cccs1. The largest absolute Gasteiger partial charge is 0.339 e. The van der Waals surface area contributed by atoms with E-state index in [-0.39, 0.29) is 0 Å². The number of thiophene rings is 1. The smallest absolute Gasteiger partial charge is 0.295 e. The van der Waals surface area contributed by atoms with Crippen LogP contribution in [-0.2, 0) is 4.79 Å². The summed E-state index contributed by atoms with van der Waals surface area (Å²) in [6, 6.07) is 3.45. The Kier molecular flexibility index (Phi) is 4.49. The molecule has 1 amide bonds. The molecule has 0 saturated heterocycles. The van der Waals surface area contributed by atoms with Crippen LogP contribution in [0.1, 0.15) is 29.4 Å². The van der Waals surface area contributed by atoms with Crippen LogP contribution in [0, 0.1) is 0 Å². The Balaban J connectivity index is 2.57. The van der Waals surface area contributed by atoms with Crippen molar-refractivity contribution in [2.24, 2.45) is 0 Å². The number of Topliss-reactive ketones (excluding diaryl/α,β-unsaturated/α-hetero) is 1. The number of rotatable bonds is 5. The van der Waals surface area contributed by atoms with E-state index in [1.165, 1.54) is 16.2 Å². The topological polar surface area (TPSA) is 37.4 Å². The van der Waals surface area contributed by atoms with Gasteiger partial charge in [0.15, 0.2) is 0 Å². The zero-order valence-electron chi connectivity index (χ0n) is 9.03. The summed E-state index contributed by atoms with van der Waals surface area (Å²) in [6.45, 7) is 2.70. The highest BCUT2D eigenvalue weighted by Crippen LogP contribution is 2.10. The number of unbranched alkanes of at least 4 members (excludes halogenated alkanes) is 1. The Morgan fingerprint density at radius 3 is 2.73 bits per heavy atom. The molecule has 0 unspecified atom stereocenters. The minimum Gasteiger partial charge on any atom is -0.339 e. The monoisotopic (exact) mass is 225 g/mol. The van der Waals surface area contributed by atoms with Gasteiger partial charge in [-0.05, 0) is 17.9 Å². The molecule has 15 heavy (non-hydrogen) atoms. The van der Waals surface area contributed by atoms with Gasteiger partial charge >= 0.3 is 0 Å². The van der Waals surface area contributed by atoms with E-state index in [4.69, 9.17) is 0 Å². The van der Waals surface area contributed by atoms with E-state index in [2.05, 4.69) is 6.92 Å². The van der Waals surface area contributed by atoms with Crippen LogP contribution < -0.4 is 0 Å². The minimum absolute atomic E-state index is 0.399.